The maximum atomic E-state index is 14.6. The van der Waals surface area contributed by atoms with Crippen LogP contribution in [0.3, 0.4) is 0 Å². The highest BCUT2D eigenvalue weighted by Gasteiger charge is 2.48. The van der Waals surface area contributed by atoms with Crippen LogP contribution in [0.15, 0.2) is 73.1 Å². The number of phenols is 1. The second kappa shape index (κ2) is 9.13. The molecule has 0 aromatic heterocycles. The first-order valence-electron chi connectivity index (χ1n) is 11.9. The van der Waals surface area contributed by atoms with Gasteiger partial charge in [-0.15, -0.1) is 0 Å². The van der Waals surface area contributed by atoms with Crippen LogP contribution in [-0.2, 0) is 4.79 Å². The fraction of sp³-hybridized carbons (Fsp3) is 0.345. The Balaban J connectivity index is 1.79. The summed E-state index contributed by atoms with van der Waals surface area (Å²) in [7, 11) is 1.73. The summed E-state index contributed by atoms with van der Waals surface area (Å²) in [5, 5.41) is 13.3. The molecule has 34 heavy (non-hydrogen) atoms. The van der Waals surface area contributed by atoms with E-state index in [1.54, 1.807) is 24.1 Å². The number of benzene rings is 2. The summed E-state index contributed by atoms with van der Waals surface area (Å²) in [4.78, 5) is 15.2. The molecule has 178 valence electrons. The minimum atomic E-state index is -0.784. The maximum absolute atomic E-state index is 14.6. The van der Waals surface area contributed by atoms with E-state index in [0.29, 0.717) is 23.7 Å². The van der Waals surface area contributed by atoms with Gasteiger partial charge in [0.2, 0.25) is 5.91 Å². The largest absolute Gasteiger partial charge is 0.505 e. The standard InChI is InChI=1S/C29H33FN2O2/c1-6-8-23(17-18(2)24-9-7-10-25(33)27(24)30)29(4)26(28(34)32(5)19(3)31-29)22-15-13-21(14-16-22)20-11-12-20/h7,9-10,13-17,20,26,31,33H,2-3,6,8,11-12H2,1,4-5H3/b23-17+/t26-,29+/m0/s1. The Kier molecular flexibility index (Phi) is 6.39. The van der Waals surface area contributed by atoms with Crippen molar-refractivity contribution in [3.63, 3.8) is 0 Å². The van der Waals surface area contributed by atoms with Gasteiger partial charge >= 0.3 is 0 Å². The average molecular weight is 461 g/mol. The van der Waals surface area contributed by atoms with E-state index >= 15 is 0 Å². The van der Waals surface area contributed by atoms with Crippen LogP contribution in [0.25, 0.3) is 5.57 Å². The van der Waals surface area contributed by atoms with Gasteiger partial charge < -0.3 is 15.3 Å². The molecule has 2 aliphatic rings. The van der Waals surface area contributed by atoms with Crippen LogP contribution in [0.4, 0.5) is 4.39 Å². The molecule has 2 aromatic carbocycles. The normalized spacial score (nSPS) is 23.1. The van der Waals surface area contributed by atoms with Gasteiger partial charge in [0.05, 0.1) is 11.5 Å². The number of nitrogens with one attached hydrogen (secondary N) is 1. The third-order valence-electron chi connectivity index (χ3n) is 7.14. The number of carbonyl (C=O) groups excluding carboxylic acids is 1. The Bertz CT molecular complexity index is 1160. The molecular weight excluding hydrogens is 427 g/mol. The second-order valence-electron chi connectivity index (χ2n) is 9.63. The van der Waals surface area contributed by atoms with Gasteiger partial charge in [0.1, 0.15) is 5.82 Å². The number of aromatic hydroxyl groups is 1. The van der Waals surface area contributed by atoms with E-state index in [-0.39, 0.29) is 11.5 Å². The fourth-order valence-corrected chi connectivity index (χ4v) is 4.96. The zero-order valence-electron chi connectivity index (χ0n) is 20.2. The monoisotopic (exact) mass is 460 g/mol. The summed E-state index contributed by atoms with van der Waals surface area (Å²) < 4.78 is 14.6. The number of allylic oxidation sites excluding steroid dienone is 2. The van der Waals surface area contributed by atoms with E-state index in [0.717, 1.165) is 17.6 Å². The van der Waals surface area contributed by atoms with Gasteiger partial charge in [-0.1, -0.05) is 69.0 Å². The van der Waals surface area contributed by atoms with Crippen LogP contribution in [-0.4, -0.2) is 28.5 Å². The van der Waals surface area contributed by atoms with Crippen LogP contribution >= 0.6 is 0 Å². The number of nitrogens with zero attached hydrogens (tertiary/aromatic N) is 1. The van der Waals surface area contributed by atoms with Gasteiger partial charge in [-0.05, 0) is 60.4 Å². The number of amides is 1. The summed E-state index contributed by atoms with van der Waals surface area (Å²) in [6.45, 7) is 12.2. The zero-order valence-corrected chi connectivity index (χ0v) is 20.2. The highest BCUT2D eigenvalue weighted by Crippen LogP contribution is 2.44. The van der Waals surface area contributed by atoms with E-state index in [4.69, 9.17) is 0 Å². The number of hydrogen-bond acceptors (Lipinski definition) is 3. The van der Waals surface area contributed by atoms with Crippen molar-refractivity contribution < 1.29 is 14.3 Å². The molecule has 2 fully saturated rings. The molecule has 1 saturated carbocycles. The van der Waals surface area contributed by atoms with Gasteiger partial charge in [0.15, 0.2) is 11.6 Å². The van der Waals surface area contributed by atoms with Crippen molar-refractivity contribution in [2.24, 2.45) is 0 Å². The third-order valence-corrected chi connectivity index (χ3v) is 7.14. The van der Waals surface area contributed by atoms with Crippen LogP contribution in [0.2, 0.25) is 0 Å². The van der Waals surface area contributed by atoms with Crippen molar-refractivity contribution in [2.45, 2.75) is 56.9 Å². The van der Waals surface area contributed by atoms with Crippen molar-refractivity contribution in [1.29, 1.82) is 0 Å². The van der Waals surface area contributed by atoms with Crippen LogP contribution in [0, 0.1) is 5.82 Å². The van der Waals surface area contributed by atoms with Crippen LogP contribution in [0.1, 0.15) is 68.1 Å². The Hall–Kier alpha value is -3.34. The topological polar surface area (TPSA) is 52.6 Å². The minimum absolute atomic E-state index is 0.0402. The van der Waals surface area contributed by atoms with Crippen LogP contribution in [0.5, 0.6) is 5.75 Å². The summed E-state index contributed by atoms with van der Waals surface area (Å²) >= 11 is 0. The molecule has 1 amide bonds. The molecule has 1 aliphatic carbocycles. The molecule has 0 unspecified atom stereocenters. The smallest absolute Gasteiger partial charge is 0.238 e. The lowest BCUT2D eigenvalue weighted by Gasteiger charge is -2.48. The van der Waals surface area contributed by atoms with Gasteiger partial charge in [-0.25, -0.2) is 4.39 Å². The van der Waals surface area contributed by atoms with Crippen molar-refractivity contribution in [2.75, 3.05) is 7.05 Å². The SMILES string of the molecule is C=C(/C=C(\CCC)[C@@]1(C)NC(=C)N(C)C(=O)[C@@H]1c1ccc(C2CC2)cc1)c1cccc(O)c1F. The molecule has 1 aliphatic heterocycles. The number of phenolic OH excluding ortho intramolecular Hbond substituents is 1. The van der Waals surface area contributed by atoms with Crippen LogP contribution < -0.4 is 5.32 Å². The quantitative estimate of drug-likeness (QED) is 0.482. The molecule has 1 saturated heterocycles. The minimum Gasteiger partial charge on any atom is -0.505 e. The Morgan fingerprint density at radius 2 is 1.88 bits per heavy atom. The van der Waals surface area contributed by atoms with Crippen molar-refractivity contribution in [1.82, 2.24) is 10.2 Å². The van der Waals surface area contributed by atoms with Gasteiger partial charge in [0.25, 0.3) is 0 Å². The molecule has 5 heteroatoms. The number of likely N-dealkylation sites (N-methyl/N-ethyl adjacent to an activating group) is 1. The lowest BCUT2D eigenvalue weighted by molar-refractivity contribution is -0.134. The number of carbonyl (C=O) groups is 1. The summed E-state index contributed by atoms with van der Waals surface area (Å²) in [6, 6.07) is 12.9. The van der Waals surface area contributed by atoms with E-state index in [1.165, 1.54) is 24.5 Å². The molecule has 0 bridgehead atoms. The average Bonchev–Trinajstić information content (AvgIpc) is 3.65. The lowest BCUT2D eigenvalue weighted by atomic mass is 9.71. The first-order chi connectivity index (χ1) is 16.2. The Labute approximate surface area is 201 Å². The van der Waals surface area contributed by atoms with E-state index < -0.39 is 23.0 Å². The molecule has 2 N–H and O–H groups in total. The van der Waals surface area contributed by atoms with Gasteiger partial charge in [-0.2, -0.15) is 0 Å². The number of rotatable bonds is 7. The molecule has 4 rings (SSSR count). The van der Waals surface area contributed by atoms with Crippen molar-refractivity contribution in [3.8, 4) is 5.75 Å². The molecule has 2 atom stereocenters. The van der Waals surface area contributed by atoms with Crippen molar-refractivity contribution >= 4 is 11.5 Å². The predicted octanol–water partition coefficient (Wildman–Crippen LogP) is 6.22. The highest BCUT2D eigenvalue weighted by atomic mass is 19.1. The molecule has 0 radical (unpaired) electrons. The van der Waals surface area contributed by atoms with E-state index in [9.17, 15) is 14.3 Å². The fourth-order valence-electron chi connectivity index (χ4n) is 4.96. The Morgan fingerprint density at radius 3 is 2.50 bits per heavy atom. The highest BCUT2D eigenvalue weighted by molar-refractivity contribution is 5.89. The molecule has 4 nitrogen and oxygen atoms in total. The molecule has 1 heterocycles. The van der Waals surface area contributed by atoms with E-state index in [2.05, 4.69) is 49.7 Å². The summed E-state index contributed by atoms with van der Waals surface area (Å²) in [6.07, 6.45) is 5.82. The molecule has 2 aromatic rings. The molecular formula is C29H33FN2O2. The third kappa shape index (κ3) is 4.27. The van der Waals surface area contributed by atoms with Crippen molar-refractivity contribution in [3.05, 3.63) is 95.6 Å². The number of hydrogen-bond donors (Lipinski definition) is 2. The van der Waals surface area contributed by atoms with Gasteiger partial charge in [0, 0.05) is 12.6 Å². The second-order valence-corrected chi connectivity index (χ2v) is 9.63. The predicted molar refractivity (Wildman–Crippen MR) is 135 cm³/mol. The first-order valence-corrected chi connectivity index (χ1v) is 11.9. The zero-order chi connectivity index (χ0) is 24.6. The van der Waals surface area contributed by atoms with Gasteiger partial charge in [-0.3, -0.25) is 4.79 Å². The van der Waals surface area contributed by atoms with E-state index in [1.807, 2.05) is 13.0 Å². The first kappa shape index (κ1) is 23.8. The summed E-state index contributed by atoms with van der Waals surface area (Å²) in [5.41, 5.74) is 3.08. The maximum Gasteiger partial charge on any atom is 0.238 e. The number of halogens is 1. The Morgan fingerprint density at radius 1 is 1.24 bits per heavy atom. The lowest BCUT2D eigenvalue weighted by Crippen LogP contribution is -2.60. The summed E-state index contributed by atoms with van der Waals surface area (Å²) in [5.74, 6) is -0.482. The molecule has 0 spiro atoms.